The number of nitrogens with zero attached hydrogens (tertiary/aromatic N) is 1. The molecule has 4 nitrogen and oxygen atoms in total. The maximum atomic E-state index is 12.4. The molecule has 2 rings (SSSR count). The SMILES string of the molecule is Cc1c(Br)cccc1C(=O)N(C)[C@H]1CNC[C@@H]1O. The predicted octanol–water partition coefficient (Wildman–Crippen LogP) is 1.16. The lowest BCUT2D eigenvalue weighted by atomic mass is 10.1. The minimum atomic E-state index is -0.494. The number of hydrogen-bond donors (Lipinski definition) is 2. The van der Waals surface area contributed by atoms with Gasteiger partial charge >= 0.3 is 0 Å². The van der Waals surface area contributed by atoms with Gasteiger partial charge in [0, 0.05) is 30.2 Å². The average molecular weight is 313 g/mol. The summed E-state index contributed by atoms with van der Waals surface area (Å²) in [6.07, 6.45) is -0.494. The van der Waals surface area contributed by atoms with E-state index in [9.17, 15) is 9.90 Å². The van der Waals surface area contributed by atoms with Crippen LogP contribution in [0.3, 0.4) is 0 Å². The minimum Gasteiger partial charge on any atom is -0.390 e. The summed E-state index contributed by atoms with van der Waals surface area (Å²) >= 11 is 3.43. The number of rotatable bonds is 2. The number of aliphatic hydroxyl groups is 1. The van der Waals surface area contributed by atoms with Crippen LogP contribution in [0.5, 0.6) is 0 Å². The number of aliphatic hydroxyl groups excluding tert-OH is 1. The molecule has 1 aromatic carbocycles. The van der Waals surface area contributed by atoms with E-state index in [2.05, 4.69) is 21.2 Å². The number of nitrogens with one attached hydrogen (secondary N) is 1. The van der Waals surface area contributed by atoms with Crippen LogP contribution in [0.2, 0.25) is 0 Å². The van der Waals surface area contributed by atoms with E-state index in [-0.39, 0.29) is 11.9 Å². The van der Waals surface area contributed by atoms with Gasteiger partial charge < -0.3 is 15.3 Å². The largest absolute Gasteiger partial charge is 0.390 e. The Kier molecular flexibility index (Phi) is 4.04. The number of β-amino-alcohol motifs (C(OH)–C–C–N with tert-alkyl or cyclic N) is 1. The van der Waals surface area contributed by atoms with Gasteiger partial charge in [-0.1, -0.05) is 22.0 Å². The quantitative estimate of drug-likeness (QED) is 0.861. The molecule has 1 aliphatic rings. The molecule has 0 saturated carbocycles. The molecule has 1 amide bonds. The van der Waals surface area contributed by atoms with Gasteiger partial charge in [-0.3, -0.25) is 4.79 Å². The highest BCUT2D eigenvalue weighted by Gasteiger charge is 2.31. The molecule has 5 heteroatoms. The Morgan fingerprint density at radius 3 is 2.83 bits per heavy atom. The Morgan fingerprint density at radius 1 is 1.50 bits per heavy atom. The van der Waals surface area contributed by atoms with Gasteiger partial charge in [-0.25, -0.2) is 0 Å². The smallest absolute Gasteiger partial charge is 0.254 e. The summed E-state index contributed by atoms with van der Waals surface area (Å²) in [6, 6.07) is 5.42. The van der Waals surface area contributed by atoms with E-state index < -0.39 is 6.10 Å². The number of benzene rings is 1. The first kappa shape index (κ1) is 13.5. The van der Waals surface area contributed by atoms with Crippen molar-refractivity contribution in [2.45, 2.75) is 19.1 Å². The van der Waals surface area contributed by atoms with Crippen molar-refractivity contribution in [1.29, 1.82) is 0 Å². The van der Waals surface area contributed by atoms with E-state index in [0.29, 0.717) is 18.7 Å². The van der Waals surface area contributed by atoms with Gasteiger partial charge in [0.15, 0.2) is 0 Å². The van der Waals surface area contributed by atoms with E-state index >= 15 is 0 Å². The van der Waals surface area contributed by atoms with Crippen LogP contribution in [0.15, 0.2) is 22.7 Å². The van der Waals surface area contributed by atoms with E-state index in [1.54, 1.807) is 11.9 Å². The second-order valence-corrected chi connectivity index (χ2v) is 5.48. The fourth-order valence-corrected chi connectivity index (χ4v) is 2.59. The molecule has 1 heterocycles. The zero-order valence-electron chi connectivity index (χ0n) is 10.5. The van der Waals surface area contributed by atoms with E-state index in [1.165, 1.54) is 0 Å². The summed E-state index contributed by atoms with van der Waals surface area (Å²) in [4.78, 5) is 14.0. The fourth-order valence-electron chi connectivity index (χ4n) is 2.23. The third-order valence-electron chi connectivity index (χ3n) is 3.47. The molecule has 0 aliphatic carbocycles. The number of likely N-dealkylation sites (N-methyl/N-ethyl adjacent to an activating group) is 1. The third-order valence-corrected chi connectivity index (χ3v) is 4.33. The topological polar surface area (TPSA) is 52.6 Å². The Balaban J connectivity index is 2.23. The maximum Gasteiger partial charge on any atom is 0.254 e. The summed E-state index contributed by atoms with van der Waals surface area (Å²) in [5.41, 5.74) is 1.60. The van der Waals surface area contributed by atoms with E-state index in [1.807, 2.05) is 25.1 Å². The second kappa shape index (κ2) is 5.38. The molecule has 1 fully saturated rings. The van der Waals surface area contributed by atoms with Gasteiger partial charge in [-0.2, -0.15) is 0 Å². The van der Waals surface area contributed by atoms with Crippen molar-refractivity contribution in [3.8, 4) is 0 Å². The van der Waals surface area contributed by atoms with E-state index in [4.69, 9.17) is 0 Å². The third kappa shape index (κ3) is 2.43. The maximum absolute atomic E-state index is 12.4. The van der Waals surface area contributed by atoms with Gasteiger partial charge in [0.1, 0.15) is 0 Å². The molecule has 18 heavy (non-hydrogen) atoms. The van der Waals surface area contributed by atoms with Crippen LogP contribution in [-0.4, -0.2) is 48.2 Å². The first-order valence-corrected chi connectivity index (χ1v) is 6.72. The number of hydrogen-bond acceptors (Lipinski definition) is 3. The standard InChI is InChI=1S/C13H17BrN2O2/c1-8-9(4-3-5-10(8)14)13(18)16(2)11-6-15-7-12(11)17/h3-5,11-12,15,17H,6-7H2,1-2H3/t11-,12-/m0/s1. The Morgan fingerprint density at radius 2 is 2.22 bits per heavy atom. The van der Waals surface area contributed by atoms with Crippen molar-refractivity contribution < 1.29 is 9.90 Å². The van der Waals surface area contributed by atoms with Crippen molar-refractivity contribution in [1.82, 2.24) is 10.2 Å². The number of carbonyl (C=O) groups is 1. The molecular formula is C13H17BrN2O2. The Hall–Kier alpha value is -0.910. The molecule has 0 aromatic heterocycles. The first-order valence-electron chi connectivity index (χ1n) is 5.93. The molecule has 0 spiro atoms. The normalized spacial score (nSPS) is 23.1. The van der Waals surface area contributed by atoms with Gasteiger partial charge in [0.25, 0.3) is 5.91 Å². The van der Waals surface area contributed by atoms with Crippen LogP contribution in [-0.2, 0) is 0 Å². The molecule has 0 radical (unpaired) electrons. The lowest BCUT2D eigenvalue weighted by Gasteiger charge is -2.27. The molecular weight excluding hydrogens is 296 g/mol. The lowest BCUT2D eigenvalue weighted by Crippen LogP contribution is -2.44. The monoisotopic (exact) mass is 312 g/mol. The van der Waals surface area contributed by atoms with Crippen LogP contribution < -0.4 is 5.32 Å². The van der Waals surface area contributed by atoms with Crippen LogP contribution in [0.4, 0.5) is 0 Å². The number of amides is 1. The predicted molar refractivity (Wildman–Crippen MR) is 73.6 cm³/mol. The molecule has 1 aliphatic heterocycles. The van der Waals surface area contributed by atoms with Crippen molar-refractivity contribution in [3.05, 3.63) is 33.8 Å². The minimum absolute atomic E-state index is 0.0541. The van der Waals surface area contributed by atoms with Crippen LogP contribution in [0, 0.1) is 6.92 Å². The average Bonchev–Trinajstić information content (AvgIpc) is 2.77. The zero-order valence-corrected chi connectivity index (χ0v) is 12.1. The summed E-state index contributed by atoms with van der Waals surface area (Å²) in [6.45, 7) is 3.09. The zero-order chi connectivity index (χ0) is 13.3. The molecule has 0 bridgehead atoms. The lowest BCUT2D eigenvalue weighted by molar-refractivity contribution is 0.0580. The van der Waals surface area contributed by atoms with Crippen molar-refractivity contribution in [3.63, 3.8) is 0 Å². The van der Waals surface area contributed by atoms with Gasteiger partial charge in [-0.05, 0) is 24.6 Å². The van der Waals surface area contributed by atoms with Crippen LogP contribution in [0.1, 0.15) is 15.9 Å². The highest BCUT2D eigenvalue weighted by Crippen LogP contribution is 2.21. The summed E-state index contributed by atoms with van der Waals surface area (Å²) in [5, 5.41) is 12.9. The Bertz CT molecular complexity index is 464. The number of carbonyl (C=O) groups excluding carboxylic acids is 1. The van der Waals surface area contributed by atoms with Crippen molar-refractivity contribution in [2.75, 3.05) is 20.1 Å². The fraction of sp³-hybridized carbons (Fsp3) is 0.462. The highest BCUT2D eigenvalue weighted by atomic mass is 79.9. The summed E-state index contributed by atoms with van der Waals surface area (Å²) in [7, 11) is 1.74. The van der Waals surface area contributed by atoms with Gasteiger partial charge in [0.05, 0.1) is 12.1 Å². The Labute approximate surface area is 115 Å². The van der Waals surface area contributed by atoms with Crippen LogP contribution >= 0.6 is 15.9 Å². The molecule has 1 saturated heterocycles. The molecule has 2 N–H and O–H groups in total. The highest BCUT2D eigenvalue weighted by molar-refractivity contribution is 9.10. The molecule has 2 atom stereocenters. The number of halogens is 1. The van der Waals surface area contributed by atoms with E-state index in [0.717, 1.165) is 10.0 Å². The first-order chi connectivity index (χ1) is 8.52. The van der Waals surface area contributed by atoms with Gasteiger partial charge in [-0.15, -0.1) is 0 Å². The van der Waals surface area contributed by atoms with Gasteiger partial charge in [0.2, 0.25) is 0 Å². The van der Waals surface area contributed by atoms with Crippen molar-refractivity contribution in [2.24, 2.45) is 0 Å². The molecule has 0 unspecified atom stereocenters. The van der Waals surface area contributed by atoms with Crippen molar-refractivity contribution >= 4 is 21.8 Å². The summed E-state index contributed by atoms with van der Waals surface area (Å²) in [5.74, 6) is -0.0541. The molecule has 1 aromatic rings. The summed E-state index contributed by atoms with van der Waals surface area (Å²) < 4.78 is 0.923. The second-order valence-electron chi connectivity index (χ2n) is 4.62. The van der Waals surface area contributed by atoms with Crippen LogP contribution in [0.25, 0.3) is 0 Å². The molecule has 98 valence electrons.